The van der Waals surface area contributed by atoms with E-state index in [1.165, 1.54) is 0 Å². The zero-order valence-electron chi connectivity index (χ0n) is 9.71. The lowest BCUT2D eigenvalue weighted by atomic mass is 10.2. The summed E-state index contributed by atoms with van der Waals surface area (Å²) in [6.07, 6.45) is 3.50. The van der Waals surface area contributed by atoms with E-state index in [-0.39, 0.29) is 11.7 Å². The number of aromatic nitrogens is 1. The van der Waals surface area contributed by atoms with Crippen LogP contribution in [0.2, 0.25) is 0 Å². The van der Waals surface area contributed by atoms with Gasteiger partial charge in [-0.05, 0) is 19.1 Å². The lowest BCUT2D eigenvalue weighted by molar-refractivity contribution is 0.0768. The van der Waals surface area contributed by atoms with E-state index in [1.807, 2.05) is 6.92 Å². The molecular weight excluding hydrogens is 220 g/mol. The van der Waals surface area contributed by atoms with Gasteiger partial charge in [0, 0.05) is 37.5 Å². The number of carbonyl (C=O) groups excluding carboxylic acids is 1. The molecule has 0 aliphatic carbocycles. The Hall–Kier alpha value is -2.11. The lowest BCUT2D eigenvalue weighted by Gasteiger charge is -2.20. The molecule has 0 aromatic carbocycles. The summed E-state index contributed by atoms with van der Waals surface area (Å²) < 4.78 is 0. The molecule has 0 spiro atoms. The SMILES string of the molecule is CCN(CCC(N)=NO)C(=O)c1ccncc1. The Bertz CT molecular complexity index is 392. The summed E-state index contributed by atoms with van der Waals surface area (Å²) in [5.41, 5.74) is 5.95. The van der Waals surface area contributed by atoms with Crippen molar-refractivity contribution >= 4 is 11.7 Å². The molecule has 17 heavy (non-hydrogen) atoms. The molecule has 1 heterocycles. The van der Waals surface area contributed by atoms with Gasteiger partial charge in [-0.2, -0.15) is 0 Å². The van der Waals surface area contributed by atoms with Gasteiger partial charge in [0.05, 0.1) is 0 Å². The van der Waals surface area contributed by atoms with E-state index in [9.17, 15) is 4.79 Å². The van der Waals surface area contributed by atoms with Gasteiger partial charge in [-0.15, -0.1) is 0 Å². The standard InChI is InChI=1S/C11H16N4O2/c1-2-15(8-5-10(12)14-17)11(16)9-3-6-13-7-4-9/h3-4,6-7,17H,2,5,8H2,1H3,(H2,12,14). The maximum Gasteiger partial charge on any atom is 0.253 e. The molecule has 0 aliphatic rings. The Balaban J connectivity index is 2.65. The highest BCUT2D eigenvalue weighted by atomic mass is 16.4. The fraction of sp³-hybridized carbons (Fsp3) is 0.364. The molecule has 1 amide bonds. The highest BCUT2D eigenvalue weighted by molar-refractivity contribution is 5.94. The summed E-state index contributed by atoms with van der Waals surface area (Å²) in [5.74, 6) is 0.0339. The number of carbonyl (C=O) groups is 1. The number of amides is 1. The van der Waals surface area contributed by atoms with Crippen LogP contribution in [0.25, 0.3) is 0 Å². The molecular formula is C11H16N4O2. The average molecular weight is 236 g/mol. The molecule has 3 N–H and O–H groups in total. The molecule has 92 valence electrons. The highest BCUT2D eigenvalue weighted by Gasteiger charge is 2.13. The number of nitrogens with two attached hydrogens (primary N) is 1. The minimum Gasteiger partial charge on any atom is -0.409 e. The molecule has 6 heteroatoms. The van der Waals surface area contributed by atoms with Gasteiger partial charge in [-0.25, -0.2) is 0 Å². The predicted molar refractivity (Wildman–Crippen MR) is 63.8 cm³/mol. The topological polar surface area (TPSA) is 91.8 Å². The molecule has 1 rings (SSSR count). The van der Waals surface area contributed by atoms with Crippen LogP contribution in [0.3, 0.4) is 0 Å². The fourth-order valence-electron chi connectivity index (χ4n) is 1.38. The zero-order chi connectivity index (χ0) is 12.7. The van der Waals surface area contributed by atoms with Crippen molar-refractivity contribution in [2.24, 2.45) is 10.9 Å². The second-order valence-electron chi connectivity index (χ2n) is 3.46. The second kappa shape index (κ2) is 6.47. The first-order chi connectivity index (χ1) is 8.19. The summed E-state index contributed by atoms with van der Waals surface area (Å²) in [6, 6.07) is 3.32. The third kappa shape index (κ3) is 3.75. The Morgan fingerprint density at radius 2 is 2.18 bits per heavy atom. The number of amidine groups is 1. The van der Waals surface area contributed by atoms with Crippen molar-refractivity contribution in [3.05, 3.63) is 30.1 Å². The van der Waals surface area contributed by atoms with Crippen LogP contribution in [0.4, 0.5) is 0 Å². The monoisotopic (exact) mass is 236 g/mol. The van der Waals surface area contributed by atoms with E-state index in [2.05, 4.69) is 10.1 Å². The third-order valence-corrected chi connectivity index (χ3v) is 2.36. The molecule has 0 radical (unpaired) electrons. The maximum atomic E-state index is 12.0. The smallest absolute Gasteiger partial charge is 0.253 e. The van der Waals surface area contributed by atoms with Gasteiger partial charge in [0.1, 0.15) is 5.84 Å². The minimum absolute atomic E-state index is 0.0827. The number of pyridine rings is 1. The zero-order valence-corrected chi connectivity index (χ0v) is 9.71. The van der Waals surface area contributed by atoms with Crippen molar-refractivity contribution < 1.29 is 10.0 Å². The molecule has 0 saturated carbocycles. The number of oxime groups is 1. The summed E-state index contributed by atoms with van der Waals surface area (Å²) in [5, 5.41) is 11.3. The first-order valence-corrected chi connectivity index (χ1v) is 5.34. The fourth-order valence-corrected chi connectivity index (χ4v) is 1.38. The quantitative estimate of drug-likeness (QED) is 0.340. The summed E-state index contributed by atoms with van der Waals surface area (Å²) >= 11 is 0. The molecule has 0 atom stereocenters. The second-order valence-corrected chi connectivity index (χ2v) is 3.46. The van der Waals surface area contributed by atoms with Crippen molar-refractivity contribution in [1.29, 1.82) is 0 Å². The summed E-state index contributed by atoms with van der Waals surface area (Å²) in [7, 11) is 0. The van der Waals surface area contributed by atoms with Crippen LogP contribution < -0.4 is 5.73 Å². The Labute approximate surface area is 99.7 Å². The van der Waals surface area contributed by atoms with E-state index in [0.29, 0.717) is 25.1 Å². The minimum atomic E-state index is -0.0827. The highest BCUT2D eigenvalue weighted by Crippen LogP contribution is 2.04. The summed E-state index contributed by atoms with van der Waals surface area (Å²) in [4.78, 5) is 17.5. The average Bonchev–Trinajstić information content (AvgIpc) is 2.39. The van der Waals surface area contributed by atoms with Crippen LogP contribution >= 0.6 is 0 Å². The number of hydrogen-bond acceptors (Lipinski definition) is 4. The van der Waals surface area contributed by atoms with Gasteiger partial charge in [0.15, 0.2) is 0 Å². The third-order valence-electron chi connectivity index (χ3n) is 2.36. The molecule has 0 bridgehead atoms. The van der Waals surface area contributed by atoms with Gasteiger partial charge in [-0.1, -0.05) is 5.16 Å². The normalized spacial score (nSPS) is 11.2. The van der Waals surface area contributed by atoms with Gasteiger partial charge in [0.25, 0.3) is 5.91 Å². The van der Waals surface area contributed by atoms with Crippen molar-refractivity contribution in [1.82, 2.24) is 9.88 Å². The van der Waals surface area contributed by atoms with Crippen molar-refractivity contribution in [2.45, 2.75) is 13.3 Å². The molecule has 1 aromatic rings. The van der Waals surface area contributed by atoms with E-state index < -0.39 is 0 Å². The molecule has 0 saturated heterocycles. The van der Waals surface area contributed by atoms with Crippen LogP contribution in [0.5, 0.6) is 0 Å². The van der Waals surface area contributed by atoms with Crippen molar-refractivity contribution in [3.8, 4) is 0 Å². The predicted octanol–water partition coefficient (Wildman–Crippen LogP) is 0.680. The Kier molecular flexibility index (Phi) is 4.93. The molecule has 1 aromatic heterocycles. The molecule has 0 aliphatic heterocycles. The molecule has 6 nitrogen and oxygen atoms in total. The Morgan fingerprint density at radius 1 is 1.53 bits per heavy atom. The van der Waals surface area contributed by atoms with Gasteiger partial charge in [0.2, 0.25) is 0 Å². The Morgan fingerprint density at radius 3 is 2.71 bits per heavy atom. The van der Waals surface area contributed by atoms with Crippen LogP contribution in [-0.2, 0) is 0 Å². The largest absolute Gasteiger partial charge is 0.409 e. The first-order valence-electron chi connectivity index (χ1n) is 5.34. The van der Waals surface area contributed by atoms with Crippen LogP contribution in [0.15, 0.2) is 29.7 Å². The maximum absolute atomic E-state index is 12.0. The van der Waals surface area contributed by atoms with E-state index in [4.69, 9.17) is 10.9 Å². The summed E-state index contributed by atoms with van der Waals surface area (Å²) in [6.45, 7) is 2.87. The van der Waals surface area contributed by atoms with Crippen LogP contribution in [-0.4, -0.2) is 39.9 Å². The number of rotatable bonds is 5. The number of hydrogen-bond donors (Lipinski definition) is 2. The lowest BCUT2D eigenvalue weighted by Crippen LogP contribution is -2.33. The van der Waals surface area contributed by atoms with E-state index in [1.54, 1.807) is 29.4 Å². The molecule has 0 unspecified atom stereocenters. The first kappa shape index (κ1) is 13.0. The molecule has 0 fully saturated rings. The van der Waals surface area contributed by atoms with E-state index in [0.717, 1.165) is 0 Å². The van der Waals surface area contributed by atoms with Gasteiger partial charge < -0.3 is 15.8 Å². The van der Waals surface area contributed by atoms with Crippen LogP contribution in [0.1, 0.15) is 23.7 Å². The number of nitrogens with zero attached hydrogens (tertiary/aromatic N) is 3. The van der Waals surface area contributed by atoms with Crippen molar-refractivity contribution in [2.75, 3.05) is 13.1 Å². The van der Waals surface area contributed by atoms with Gasteiger partial charge in [-0.3, -0.25) is 9.78 Å². The van der Waals surface area contributed by atoms with E-state index >= 15 is 0 Å². The van der Waals surface area contributed by atoms with Crippen molar-refractivity contribution in [3.63, 3.8) is 0 Å². The van der Waals surface area contributed by atoms with Crippen LogP contribution in [0, 0.1) is 0 Å². The van der Waals surface area contributed by atoms with Gasteiger partial charge >= 0.3 is 0 Å².